The van der Waals surface area contributed by atoms with Gasteiger partial charge in [0.05, 0.1) is 15.8 Å². The Morgan fingerprint density at radius 2 is 2.11 bits per heavy atom. The Hall–Kier alpha value is -0.400. The Bertz CT molecular complexity index is 455. The highest BCUT2D eigenvalue weighted by Gasteiger charge is 2.34. The van der Waals surface area contributed by atoms with Gasteiger partial charge in [-0.15, -0.1) is 11.3 Å². The highest BCUT2D eigenvalue weighted by atomic mass is 79.9. The SMILES string of the molecule is CCC(C)(NC(=O)c1cc(Br)c(Br)s1)C(=O)OC. The topological polar surface area (TPSA) is 55.4 Å². The van der Waals surface area contributed by atoms with Crippen molar-refractivity contribution < 1.29 is 14.3 Å². The summed E-state index contributed by atoms with van der Waals surface area (Å²) in [6, 6.07) is 1.71. The molecule has 1 heterocycles. The molecule has 1 N–H and O–H groups in total. The summed E-state index contributed by atoms with van der Waals surface area (Å²) in [5, 5.41) is 2.71. The molecule has 18 heavy (non-hydrogen) atoms. The average Bonchev–Trinajstić information content (AvgIpc) is 2.68. The van der Waals surface area contributed by atoms with E-state index in [0.717, 1.165) is 8.26 Å². The number of methoxy groups -OCH3 is 1. The molecule has 1 aromatic rings. The molecule has 1 aromatic heterocycles. The molecule has 1 amide bonds. The summed E-state index contributed by atoms with van der Waals surface area (Å²) in [5.74, 6) is -0.741. The molecule has 100 valence electrons. The highest BCUT2D eigenvalue weighted by Crippen LogP contribution is 2.32. The number of amides is 1. The van der Waals surface area contributed by atoms with Crippen LogP contribution in [0.4, 0.5) is 0 Å². The Kier molecular flexibility index (Phi) is 5.36. The number of hydrogen-bond acceptors (Lipinski definition) is 4. The molecule has 0 radical (unpaired) electrons. The molecular weight excluding hydrogens is 386 g/mol. The lowest BCUT2D eigenvalue weighted by molar-refractivity contribution is -0.147. The number of carbonyl (C=O) groups is 2. The number of esters is 1. The van der Waals surface area contributed by atoms with Crippen molar-refractivity contribution >= 4 is 55.1 Å². The minimum atomic E-state index is -1.01. The highest BCUT2D eigenvalue weighted by molar-refractivity contribution is 9.13. The molecule has 0 aliphatic rings. The lowest BCUT2D eigenvalue weighted by Gasteiger charge is -2.26. The summed E-state index contributed by atoms with van der Waals surface area (Å²) >= 11 is 7.94. The second-order valence-corrected chi connectivity index (χ2v) is 7.09. The van der Waals surface area contributed by atoms with Crippen LogP contribution >= 0.6 is 43.2 Å². The number of carbonyl (C=O) groups excluding carboxylic acids is 2. The van der Waals surface area contributed by atoms with E-state index in [-0.39, 0.29) is 5.91 Å². The summed E-state index contributed by atoms with van der Waals surface area (Å²) in [4.78, 5) is 24.2. The van der Waals surface area contributed by atoms with Crippen molar-refractivity contribution in [1.82, 2.24) is 5.32 Å². The van der Waals surface area contributed by atoms with Gasteiger partial charge in [0, 0.05) is 4.47 Å². The van der Waals surface area contributed by atoms with E-state index >= 15 is 0 Å². The van der Waals surface area contributed by atoms with E-state index in [2.05, 4.69) is 37.2 Å². The van der Waals surface area contributed by atoms with Crippen molar-refractivity contribution in [3.05, 3.63) is 19.2 Å². The molecule has 0 aliphatic carbocycles. The summed E-state index contributed by atoms with van der Waals surface area (Å²) in [5.41, 5.74) is -1.01. The van der Waals surface area contributed by atoms with Gasteiger partial charge in [-0.05, 0) is 51.3 Å². The predicted octanol–water partition coefficient (Wildman–Crippen LogP) is 3.34. The minimum absolute atomic E-state index is 0.291. The smallest absolute Gasteiger partial charge is 0.331 e. The van der Waals surface area contributed by atoms with Crippen molar-refractivity contribution in [1.29, 1.82) is 0 Å². The number of hydrogen-bond donors (Lipinski definition) is 1. The quantitative estimate of drug-likeness (QED) is 0.791. The van der Waals surface area contributed by atoms with Crippen LogP contribution in [0, 0.1) is 0 Å². The fourth-order valence-electron chi connectivity index (χ4n) is 1.28. The van der Waals surface area contributed by atoms with Gasteiger partial charge in [0.2, 0.25) is 0 Å². The maximum Gasteiger partial charge on any atom is 0.331 e. The van der Waals surface area contributed by atoms with Gasteiger partial charge in [-0.1, -0.05) is 6.92 Å². The monoisotopic (exact) mass is 397 g/mol. The zero-order chi connectivity index (χ0) is 13.9. The first-order valence-electron chi connectivity index (χ1n) is 5.19. The first-order valence-corrected chi connectivity index (χ1v) is 7.60. The van der Waals surface area contributed by atoms with Crippen LogP contribution in [0.25, 0.3) is 0 Å². The van der Waals surface area contributed by atoms with Crippen LogP contribution in [0.15, 0.2) is 14.3 Å². The molecule has 0 aliphatic heterocycles. The third-order valence-corrected chi connectivity index (χ3v) is 5.86. The molecule has 4 nitrogen and oxygen atoms in total. The van der Waals surface area contributed by atoms with E-state index in [1.54, 1.807) is 13.0 Å². The Morgan fingerprint density at radius 1 is 1.50 bits per heavy atom. The molecule has 7 heteroatoms. The average molecular weight is 399 g/mol. The van der Waals surface area contributed by atoms with Crippen molar-refractivity contribution in [2.45, 2.75) is 25.8 Å². The molecule has 1 unspecified atom stereocenters. The van der Waals surface area contributed by atoms with Gasteiger partial charge in [0.25, 0.3) is 5.91 Å². The zero-order valence-corrected chi connectivity index (χ0v) is 14.2. The molecule has 0 saturated carbocycles. The van der Waals surface area contributed by atoms with Crippen molar-refractivity contribution in [2.24, 2.45) is 0 Å². The van der Waals surface area contributed by atoms with E-state index in [4.69, 9.17) is 4.74 Å². The minimum Gasteiger partial charge on any atom is -0.467 e. The van der Waals surface area contributed by atoms with Crippen LogP contribution in [-0.2, 0) is 9.53 Å². The maximum atomic E-state index is 12.1. The zero-order valence-electron chi connectivity index (χ0n) is 10.2. The largest absolute Gasteiger partial charge is 0.467 e. The second kappa shape index (κ2) is 6.16. The molecule has 0 bridgehead atoms. The summed E-state index contributed by atoms with van der Waals surface area (Å²) in [7, 11) is 1.31. The first-order chi connectivity index (χ1) is 8.34. The number of ether oxygens (including phenoxy) is 1. The lowest BCUT2D eigenvalue weighted by Crippen LogP contribution is -2.52. The van der Waals surface area contributed by atoms with Crippen molar-refractivity contribution in [2.75, 3.05) is 7.11 Å². The lowest BCUT2D eigenvalue weighted by atomic mass is 9.99. The Labute approximate surface area is 126 Å². The van der Waals surface area contributed by atoms with Crippen LogP contribution in [0.3, 0.4) is 0 Å². The van der Waals surface area contributed by atoms with Gasteiger partial charge in [0.15, 0.2) is 0 Å². The third-order valence-electron chi connectivity index (χ3n) is 2.60. The Morgan fingerprint density at radius 3 is 2.50 bits per heavy atom. The molecule has 0 saturated heterocycles. The van der Waals surface area contributed by atoms with Gasteiger partial charge in [-0.3, -0.25) is 4.79 Å². The fourth-order valence-corrected chi connectivity index (χ4v) is 3.21. The van der Waals surface area contributed by atoms with E-state index < -0.39 is 11.5 Å². The summed E-state index contributed by atoms with van der Waals surface area (Å²) in [6.07, 6.45) is 0.457. The molecule has 1 rings (SSSR count). The summed E-state index contributed by atoms with van der Waals surface area (Å²) < 4.78 is 6.35. The van der Waals surface area contributed by atoms with Gasteiger partial charge in [-0.25, -0.2) is 4.79 Å². The van der Waals surface area contributed by atoms with E-state index in [0.29, 0.717) is 11.3 Å². The Balaban J connectivity index is 2.89. The molecule has 0 aromatic carbocycles. The van der Waals surface area contributed by atoms with Gasteiger partial charge in [0.1, 0.15) is 5.54 Å². The van der Waals surface area contributed by atoms with E-state index in [9.17, 15) is 9.59 Å². The van der Waals surface area contributed by atoms with E-state index in [1.165, 1.54) is 18.4 Å². The van der Waals surface area contributed by atoms with Crippen molar-refractivity contribution in [3.8, 4) is 0 Å². The van der Waals surface area contributed by atoms with Gasteiger partial charge >= 0.3 is 5.97 Å². The van der Waals surface area contributed by atoms with Gasteiger partial charge < -0.3 is 10.1 Å². The number of halogens is 2. The standard InChI is InChI=1S/C11H13Br2NO3S/c1-4-11(2,10(16)17-3)14-9(15)7-5-6(12)8(13)18-7/h5H,4H2,1-3H3,(H,14,15). The van der Waals surface area contributed by atoms with Crippen LogP contribution in [0.5, 0.6) is 0 Å². The number of rotatable bonds is 4. The normalized spacial score (nSPS) is 13.8. The third kappa shape index (κ3) is 3.33. The molecule has 0 fully saturated rings. The van der Waals surface area contributed by atoms with Crippen LogP contribution in [0.1, 0.15) is 29.9 Å². The molecular formula is C11H13Br2NO3S. The van der Waals surface area contributed by atoms with E-state index in [1.807, 2.05) is 6.92 Å². The second-order valence-electron chi connectivity index (χ2n) is 3.86. The maximum absolute atomic E-state index is 12.1. The number of nitrogens with one attached hydrogen (secondary N) is 1. The first kappa shape index (κ1) is 15.7. The van der Waals surface area contributed by atoms with Crippen molar-refractivity contribution in [3.63, 3.8) is 0 Å². The predicted molar refractivity (Wildman–Crippen MR) is 77.9 cm³/mol. The summed E-state index contributed by atoms with van der Waals surface area (Å²) in [6.45, 7) is 3.46. The van der Waals surface area contributed by atoms with Crippen LogP contribution < -0.4 is 5.32 Å². The number of thiophene rings is 1. The van der Waals surface area contributed by atoms with Gasteiger partial charge in [-0.2, -0.15) is 0 Å². The molecule has 1 atom stereocenters. The fraction of sp³-hybridized carbons (Fsp3) is 0.455. The van der Waals surface area contributed by atoms with Crippen LogP contribution in [-0.4, -0.2) is 24.5 Å². The van der Waals surface area contributed by atoms with Crippen LogP contribution in [0.2, 0.25) is 0 Å². The molecule has 0 spiro atoms.